The second-order valence-corrected chi connectivity index (χ2v) is 5.17. The lowest BCUT2D eigenvalue weighted by Gasteiger charge is -2.05. The van der Waals surface area contributed by atoms with Crippen molar-refractivity contribution in [3.8, 4) is 0 Å². The number of anilines is 1. The summed E-state index contributed by atoms with van der Waals surface area (Å²) in [7, 11) is 0. The van der Waals surface area contributed by atoms with Crippen molar-refractivity contribution in [3.05, 3.63) is 24.1 Å². The van der Waals surface area contributed by atoms with E-state index in [1.807, 2.05) is 25.1 Å². The highest BCUT2D eigenvalue weighted by Crippen LogP contribution is 2.20. The van der Waals surface area contributed by atoms with E-state index in [2.05, 4.69) is 15.6 Å². The highest BCUT2D eigenvalue weighted by Gasteiger charge is 2.20. The number of aryl methyl sites for hydroxylation is 1. The topological polar surface area (TPSA) is 67.2 Å². The zero-order valence-corrected chi connectivity index (χ0v) is 11.6. The maximum absolute atomic E-state index is 11.8. The minimum Gasteiger partial charge on any atom is -0.441 e. The molecule has 0 spiro atoms. The predicted octanol–water partition coefficient (Wildman–Crippen LogP) is 2.47. The van der Waals surface area contributed by atoms with Gasteiger partial charge in [0.15, 0.2) is 11.5 Å². The monoisotopic (exact) mass is 273 g/mol. The smallest absolute Gasteiger partial charge is 0.225 e. The minimum absolute atomic E-state index is 0.0247. The van der Waals surface area contributed by atoms with Crippen molar-refractivity contribution in [2.75, 3.05) is 11.9 Å². The number of hydrogen-bond acceptors (Lipinski definition) is 4. The largest absolute Gasteiger partial charge is 0.441 e. The SMILES string of the molecule is CCc1nc2cc(NC(=O)CCNC3CC3)ccc2o1. The summed E-state index contributed by atoms with van der Waals surface area (Å²) < 4.78 is 5.54. The number of nitrogens with zero attached hydrogens (tertiary/aromatic N) is 1. The van der Waals surface area contributed by atoms with E-state index in [0.717, 1.165) is 35.6 Å². The number of carbonyl (C=O) groups is 1. The van der Waals surface area contributed by atoms with E-state index >= 15 is 0 Å². The fraction of sp³-hybridized carbons (Fsp3) is 0.467. The van der Waals surface area contributed by atoms with Crippen molar-refractivity contribution in [3.63, 3.8) is 0 Å². The van der Waals surface area contributed by atoms with Crippen LogP contribution in [0, 0.1) is 0 Å². The van der Waals surface area contributed by atoms with Crippen molar-refractivity contribution in [2.24, 2.45) is 0 Å². The molecule has 20 heavy (non-hydrogen) atoms. The Morgan fingerprint density at radius 1 is 1.45 bits per heavy atom. The summed E-state index contributed by atoms with van der Waals surface area (Å²) in [6, 6.07) is 6.19. The molecule has 1 aliphatic rings. The fourth-order valence-electron chi connectivity index (χ4n) is 2.10. The molecule has 0 aliphatic heterocycles. The summed E-state index contributed by atoms with van der Waals surface area (Å²) in [6.45, 7) is 2.74. The minimum atomic E-state index is 0.0247. The van der Waals surface area contributed by atoms with Crippen molar-refractivity contribution in [1.29, 1.82) is 0 Å². The van der Waals surface area contributed by atoms with Gasteiger partial charge in [-0.3, -0.25) is 4.79 Å². The van der Waals surface area contributed by atoms with E-state index in [-0.39, 0.29) is 5.91 Å². The molecule has 1 fully saturated rings. The molecule has 1 amide bonds. The third kappa shape index (κ3) is 3.17. The number of carbonyl (C=O) groups excluding carboxylic acids is 1. The molecule has 0 radical (unpaired) electrons. The van der Waals surface area contributed by atoms with Crippen molar-refractivity contribution in [2.45, 2.75) is 38.6 Å². The van der Waals surface area contributed by atoms with E-state index in [0.29, 0.717) is 12.5 Å². The number of aromatic nitrogens is 1. The number of amides is 1. The van der Waals surface area contributed by atoms with Gasteiger partial charge in [0, 0.05) is 31.1 Å². The van der Waals surface area contributed by atoms with Gasteiger partial charge in [0.2, 0.25) is 5.91 Å². The molecule has 2 aromatic rings. The predicted molar refractivity (Wildman–Crippen MR) is 77.7 cm³/mol. The van der Waals surface area contributed by atoms with E-state index in [1.165, 1.54) is 12.8 Å². The maximum Gasteiger partial charge on any atom is 0.225 e. The summed E-state index contributed by atoms with van der Waals surface area (Å²) in [5, 5.41) is 6.22. The Kier molecular flexibility index (Phi) is 3.69. The van der Waals surface area contributed by atoms with Crippen LogP contribution in [0.2, 0.25) is 0 Å². The van der Waals surface area contributed by atoms with Crippen LogP contribution in [0.4, 0.5) is 5.69 Å². The number of nitrogens with one attached hydrogen (secondary N) is 2. The first kappa shape index (κ1) is 13.1. The van der Waals surface area contributed by atoms with Crippen LogP contribution >= 0.6 is 0 Å². The van der Waals surface area contributed by atoms with Crippen LogP contribution in [-0.4, -0.2) is 23.5 Å². The number of benzene rings is 1. The summed E-state index contributed by atoms with van der Waals surface area (Å²) in [6.07, 6.45) is 3.74. The molecule has 0 unspecified atom stereocenters. The van der Waals surface area contributed by atoms with Crippen molar-refractivity contribution < 1.29 is 9.21 Å². The Bertz CT molecular complexity index is 617. The van der Waals surface area contributed by atoms with E-state index in [1.54, 1.807) is 0 Å². The molecular weight excluding hydrogens is 254 g/mol. The van der Waals surface area contributed by atoms with E-state index < -0.39 is 0 Å². The lowest BCUT2D eigenvalue weighted by molar-refractivity contribution is -0.116. The van der Waals surface area contributed by atoms with Crippen LogP contribution in [0.5, 0.6) is 0 Å². The third-order valence-electron chi connectivity index (χ3n) is 3.38. The van der Waals surface area contributed by atoms with Gasteiger partial charge in [-0.2, -0.15) is 0 Å². The van der Waals surface area contributed by atoms with Gasteiger partial charge >= 0.3 is 0 Å². The molecule has 5 heteroatoms. The molecule has 106 valence electrons. The molecule has 0 bridgehead atoms. The average molecular weight is 273 g/mol. The number of rotatable bonds is 6. The molecule has 1 aromatic heterocycles. The van der Waals surface area contributed by atoms with Gasteiger partial charge in [-0.25, -0.2) is 4.98 Å². The Morgan fingerprint density at radius 3 is 3.05 bits per heavy atom. The molecule has 1 heterocycles. The molecule has 3 rings (SSSR count). The third-order valence-corrected chi connectivity index (χ3v) is 3.38. The normalized spacial score (nSPS) is 14.7. The Morgan fingerprint density at radius 2 is 2.30 bits per heavy atom. The molecule has 0 saturated heterocycles. The second kappa shape index (κ2) is 5.63. The van der Waals surface area contributed by atoms with Crippen molar-refractivity contribution >= 4 is 22.7 Å². The lowest BCUT2D eigenvalue weighted by atomic mass is 10.2. The molecule has 2 N–H and O–H groups in total. The zero-order valence-electron chi connectivity index (χ0n) is 11.6. The number of oxazole rings is 1. The van der Waals surface area contributed by atoms with Crippen LogP contribution in [-0.2, 0) is 11.2 Å². The van der Waals surface area contributed by atoms with Gasteiger partial charge in [-0.05, 0) is 31.0 Å². The summed E-state index contributed by atoms with van der Waals surface area (Å²) in [4.78, 5) is 16.2. The molecular formula is C15H19N3O2. The Labute approximate surface area is 117 Å². The first-order valence-electron chi connectivity index (χ1n) is 7.17. The standard InChI is InChI=1S/C15H19N3O2/c1-2-15-18-12-9-11(5-6-13(12)20-15)17-14(19)7-8-16-10-3-4-10/h5-6,9-10,16H,2-4,7-8H2,1H3,(H,17,19). The lowest BCUT2D eigenvalue weighted by Crippen LogP contribution is -2.23. The first-order valence-corrected chi connectivity index (χ1v) is 7.17. The summed E-state index contributed by atoms with van der Waals surface area (Å²) in [5.74, 6) is 0.744. The fourth-order valence-corrected chi connectivity index (χ4v) is 2.10. The first-order chi connectivity index (χ1) is 9.74. The van der Waals surface area contributed by atoms with Gasteiger partial charge in [0.25, 0.3) is 0 Å². The summed E-state index contributed by atoms with van der Waals surface area (Å²) in [5.41, 5.74) is 2.32. The van der Waals surface area contributed by atoms with E-state index in [4.69, 9.17) is 4.42 Å². The van der Waals surface area contributed by atoms with Crippen LogP contribution < -0.4 is 10.6 Å². The number of fused-ring (bicyclic) bond motifs is 1. The molecule has 0 atom stereocenters. The van der Waals surface area contributed by atoms with Crippen LogP contribution in [0.25, 0.3) is 11.1 Å². The van der Waals surface area contributed by atoms with Crippen LogP contribution in [0.15, 0.2) is 22.6 Å². The van der Waals surface area contributed by atoms with Gasteiger partial charge in [-0.15, -0.1) is 0 Å². The molecule has 1 aromatic carbocycles. The van der Waals surface area contributed by atoms with E-state index in [9.17, 15) is 4.79 Å². The summed E-state index contributed by atoms with van der Waals surface area (Å²) >= 11 is 0. The Balaban J connectivity index is 1.59. The molecule has 1 aliphatic carbocycles. The average Bonchev–Trinajstić information content (AvgIpc) is 3.16. The quantitative estimate of drug-likeness (QED) is 0.848. The van der Waals surface area contributed by atoms with Crippen LogP contribution in [0.3, 0.4) is 0 Å². The van der Waals surface area contributed by atoms with Gasteiger partial charge in [0.05, 0.1) is 0 Å². The highest BCUT2D eigenvalue weighted by molar-refractivity contribution is 5.92. The molecule has 5 nitrogen and oxygen atoms in total. The van der Waals surface area contributed by atoms with Gasteiger partial charge < -0.3 is 15.1 Å². The van der Waals surface area contributed by atoms with Gasteiger partial charge in [0.1, 0.15) is 5.52 Å². The van der Waals surface area contributed by atoms with Crippen LogP contribution in [0.1, 0.15) is 32.1 Å². The number of hydrogen-bond donors (Lipinski definition) is 2. The highest BCUT2D eigenvalue weighted by atomic mass is 16.3. The zero-order chi connectivity index (χ0) is 13.9. The molecule has 1 saturated carbocycles. The van der Waals surface area contributed by atoms with Crippen molar-refractivity contribution in [1.82, 2.24) is 10.3 Å². The van der Waals surface area contributed by atoms with Gasteiger partial charge in [-0.1, -0.05) is 6.92 Å². The Hall–Kier alpha value is -1.88. The maximum atomic E-state index is 11.8. The second-order valence-electron chi connectivity index (χ2n) is 5.17.